The number of likely N-dealkylation sites (N-methyl/N-ethyl adjacent to an activating group) is 1. The summed E-state index contributed by atoms with van der Waals surface area (Å²) in [5.41, 5.74) is 0.209. The van der Waals surface area contributed by atoms with Gasteiger partial charge in [-0.25, -0.2) is 0 Å². The Morgan fingerprint density at radius 3 is 2.57 bits per heavy atom. The Kier molecular flexibility index (Phi) is 4.91. The molecule has 4 heteroatoms. The molecule has 0 heterocycles. The maximum Gasteiger partial charge on any atom is 0.259 e. The smallest absolute Gasteiger partial charge is 0.259 e. The molecular weight excluding hydrogens is 264 g/mol. The van der Waals surface area contributed by atoms with Gasteiger partial charge in [0.15, 0.2) is 0 Å². The van der Waals surface area contributed by atoms with Gasteiger partial charge < -0.3 is 0 Å². The number of nitro groups is 1. The van der Waals surface area contributed by atoms with E-state index in [-0.39, 0.29) is 11.0 Å². The molecule has 0 spiro atoms. The number of benzene rings is 1. The summed E-state index contributed by atoms with van der Waals surface area (Å²) in [4.78, 5) is 13.5. The van der Waals surface area contributed by atoms with E-state index in [0.29, 0.717) is 6.42 Å². The first-order valence-electron chi connectivity index (χ1n) is 7.27. The quantitative estimate of drug-likeness (QED) is 0.596. The topological polar surface area (TPSA) is 46.4 Å². The number of nitrogens with zero attached hydrogens (tertiary/aromatic N) is 2. The molecule has 1 aromatic carbocycles. The van der Waals surface area contributed by atoms with Gasteiger partial charge in [-0.05, 0) is 38.6 Å². The Bertz CT molecular complexity index is 537. The van der Waals surface area contributed by atoms with Crippen molar-refractivity contribution in [1.82, 2.24) is 4.90 Å². The van der Waals surface area contributed by atoms with Gasteiger partial charge in [-0.1, -0.05) is 48.6 Å². The standard InChI is InChI=1S/C17H22N2O2/c1-18(2)16-12-6-7-13-17(16,19(20)21)14-8-11-15-9-4-3-5-10-15/h3-7,9-10,12-13,16H,8,11,14H2,1-2H3. The Hall–Kier alpha value is -1.94. The van der Waals surface area contributed by atoms with Crippen LogP contribution in [-0.4, -0.2) is 35.5 Å². The average Bonchev–Trinajstić information content (AvgIpc) is 2.48. The minimum atomic E-state index is -1.02. The number of allylic oxidation sites excluding steroid dienone is 2. The van der Waals surface area contributed by atoms with E-state index in [2.05, 4.69) is 12.1 Å². The fraction of sp³-hybridized carbons (Fsp3) is 0.412. The third kappa shape index (κ3) is 3.39. The highest BCUT2D eigenvalue weighted by atomic mass is 16.6. The summed E-state index contributed by atoms with van der Waals surface area (Å²) in [6.45, 7) is 0. The number of hydrogen-bond acceptors (Lipinski definition) is 3. The monoisotopic (exact) mass is 286 g/mol. The van der Waals surface area contributed by atoms with Crippen LogP contribution in [0.25, 0.3) is 0 Å². The van der Waals surface area contributed by atoms with Crippen LogP contribution < -0.4 is 0 Å². The molecule has 0 N–H and O–H groups in total. The number of hydrogen-bond donors (Lipinski definition) is 0. The zero-order valence-electron chi connectivity index (χ0n) is 12.6. The van der Waals surface area contributed by atoms with E-state index < -0.39 is 5.54 Å². The summed E-state index contributed by atoms with van der Waals surface area (Å²) >= 11 is 0. The largest absolute Gasteiger partial charge is 0.296 e. The van der Waals surface area contributed by atoms with Crippen LogP contribution in [0.1, 0.15) is 18.4 Å². The Morgan fingerprint density at radius 1 is 1.24 bits per heavy atom. The van der Waals surface area contributed by atoms with Crippen molar-refractivity contribution in [3.8, 4) is 0 Å². The Balaban J connectivity index is 2.10. The van der Waals surface area contributed by atoms with Gasteiger partial charge in [0, 0.05) is 11.3 Å². The van der Waals surface area contributed by atoms with Crippen LogP contribution in [0.5, 0.6) is 0 Å². The Morgan fingerprint density at radius 2 is 1.95 bits per heavy atom. The van der Waals surface area contributed by atoms with Crippen LogP contribution in [0.3, 0.4) is 0 Å². The average molecular weight is 286 g/mol. The fourth-order valence-corrected chi connectivity index (χ4v) is 2.99. The predicted molar refractivity (Wildman–Crippen MR) is 84.9 cm³/mol. The lowest BCUT2D eigenvalue weighted by Crippen LogP contribution is -2.54. The first kappa shape index (κ1) is 15.4. The second kappa shape index (κ2) is 6.68. The van der Waals surface area contributed by atoms with E-state index in [1.165, 1.54) is 5.56 Å². The summed E-state index contributed by atoms with van der Waals surface area (Å²) in [6.07, 6.45) is 9.57. The molecule has 4 nitrogen and oxygen atoms in total. The van der Waals surface area contributed by atoms with Gasteiger partial charge in [0.2, 0.25) is 0 Å². The molecule has 1 aromatic rings. The lowest BCUT2D eigenvalue weighted by atomic mass is 9.81. The number of rotatable bonds is 6. The third-order valence-corrected chi connectivity index (χ3v) is 4.08. The minimum absolute atomic E-state index is 0.122. The van der Waals surface area contributed by atoms with Gasteiger partial charge in [0.25, 0.3) is 5.54 Å². The van der Waals surface area contributed by atoms with Crippen LogP contribution in [0, 0.1) is 10.1 Å². The zero-order valence-corrected chi connectivity index (χ0v) is 12.6. The molecule has 21 heavy (non-hydrogen) atoms. The van der Waals surface area contributed by atoms with Crippen molar-refractivity contribution < 1.29 is 4.92 Å². The summed E-state index contributed by atoms with van der Waals surface area (Å²) in [7, 11) is 3.78. The fourth-order valence-electron chi connectivity index (χ4n) is 2.99. The molecule has 0 amide bonds. The first-order valence-corrected chi connectivity index (χ1v) is 7.27. The highest BCUT2D eigenvalue weighted by Gasteiger charge is 2.48. The molecule has 0 bridgehead atoms. The van der Waals surface area contributed by atoms with Crippen molar-refractivity contribution in [2.45, 2.75) is 30.8 Å². The van der Waals surface area contributed by atoms with E-state index in [9.17, 15) is 10.1 Å². The van der Waals surface area contributed by atoms with E-state index >= 15 is 0 Å². The lowest BCUT2D eigenvalue weighted by molar-refractivity contribution is -0.562. The molecule has 2 atom stereocenters. The molecule has 112 valence electrons. The van der Waals surface area contributed by atoms with Gasteiger partial charge in [0.1, 0.15) is 6.04 Å². The highest BCUT2D eigenvalue weighted by Crippen LogP contribution is 2.30. The molecule has 2 unspecified atom stereocenters. The molecule has 0 fully saturated rings. The maximum absolute atomic E-state index is 11.7. The van der Waals surface area contributed by atoms with Gasteiger partial charge in [0.05, 0.1) is 0 Å². The first-order chi connectivity index (χ1) is 10.1. The van der Waals surface area contributed by atoms with E-state index in [0.717, 1.165) is 12.8 Å². The maximum atomic E-state index is 11.7. The van der Waals surface area contributed by atoms with E-state index in [1.54, 1.807) is 12.2 Å². The van der Waals surface area contributed by atoms with Gasteiger partial charge in [-0.15, -0.1) is 0 Å². The van der Waals surface area contributed by atoms with Crippen LogP contribution >= 0.6 is 0 Å². The predicted octanol–water partition coefficient (Wildman–Crippen LogP) is 3.08. The molecule has 0 saturated heterocycles. The molecule has 0 radical (unpaired) electrons. The van der Waals surface area contributed by atoms with Crippen molar-refractivity contribution in [3.05, 3.63) is 70.3 Å². The molecule has 1 aliphatic rings. The normalized spacial score (nSPS) is 24.4. The molecule has 2 rings (SSSR count). The van der Waals surface area contributed by atoms with Crippen LogP contribution in [0.2, 0.25) is 0 Å². The summed E-state index contributed by atoms with van der Waals surface area (Å²) in [5.74, 6) is 0. The van der Waals surface area contributed by atoms with Crippen molar-refractivity contribution >= 4 is 0 Å². The van der Waals surface area contributed by atoms with Crippen LogP contribution in [0.4, 0.5) is 0 Å². The molecule has 0 saturated carbocycles. The zero-order chi connectivity index (χ0) is 15.3. The SMILES string of the molecule is CN(C)C1C=CC=CC1(CCCc1ccccc1)[N+](=O)[O-]. The Labute approximate surface area is 125 Å². The summed E-state index contributed by atoms with van der Waals surface area (Å²) in [5, 5.41) is 11.7. The lowest BCUT2D eigenvalue weighted by Gasteiger charge is -2.34. The molecule has 0 aromatic heterocycles. The van der Waals surface area contributed by atoms with Crippen molar-refractivity contribution in [2.24, 2.45) is 0 Å². The number of aryl methyl sites for hydroxylation is 1. The van der Waals surface area contributed by atoms with Crippen LogP contribution in [-0.2, 0) is 6.42 Å². The summed E-state index contributed by atoms with van der Waals surface area (Å²) < 4.78 is 0. The van der Waals surface area contributed by atoms with E-state index in [1.807, 2.05) is 49.3 Å². The van der Waals surface area contributed by atoms with Crippen molar-refractivity contribution in [3.63, 3.8) is 0 Å². The van der Waals surface area contributed by atoms with Gasteiger partial charge >= 0.3 is 0 Å². The van der Waals surface area contributed by atoms with Crippen LogP contribution in [0.15, 0.2) is 54.6 Å². The van der Waals surface area contributed by atoms with Crippen molar-refractivity contribution in [2.75, 3.05) is 14.1 Å². The van der Waals surface area contributed by atoms with Gasteiger partial charge in [-0.3, -0.25) is 15.0 Å². The minimum Gasteiger partial charge on any atom is -0.296 e. The summed E-state index contributed by atoms with van der Waals surface area (Å²) in [6, 6.07) is 9.93. The highest BCUT2D eigenvalue weighted by molar-refractivity contribution is 5.25. The van der Waals surface area contributed by atoms with Gasteiger partial charge in [-0.2, -0.15) is 0 Å². The van der Waals surface area contributed by atoms with E-state index in [4.69, 9.17) is 0 Å². The molecular formula is C17H22N2O2. The molecule has 0 aliphatic heterocycles. The van der Waals surface area contributed by atoms with Crippen molar-refractivity contribution in [1.29, 1.82) is 0 Å². The second-order valence-corrected chi connectivity index (χ2v) is 5.74. The second-order valence-electron chi connectivity index (χ2n) is 5.74. The third-order valence-electron chi connectivity index (χ3n) is 4.08. The molecule has 1 aliphatic carbocycles.